The second-order valence-electron chi connectivity index (χ2n) is 7.73. The van der Waals surface area contributed by atoms with E-state index in [2.05, 4.69) is 20.4 Å². The Balaban J connectivity index is 1.51. The summed E-state index contributed by atoms with van der Waals surface area (Å²) in [6, 6.07) is 9.06. The molecule has 1 atom stereocenters. The molecule has 2 fully saturated rings. The average Bonchev–Trinajstić information content (AvgIpc) is 3.13. The number of piperidine rings is 1. The number of nitrogens with one attached hydrogen (secondary N) is 2. The highest BCUT2D eigenvalue weighted by Gasteiger charge is 2.39. The van der Waals surface area contributed by atoms with Crippen LogP contribution in [0, 0.1) is 10.8 Å². The molecule has 3 heterocycles. The molecule has 1 aromatic heterocycles. The van der Waals surface area contributed by atoms with Gasteiger partial charge in [0.05, 0.1) is 5.69 Å². The van der Waals surface area contributed by atoms with Crippen LogP contribution < -0.4 is 16.0 Å². The van der Waals surface area contributed by atoms with E-state index in [0.29, 0.717) is 27.8 Å². The summed E-state index contributed by atoms with van der Waals surface area (Å²) < 4.78 is 0. The van der Waals surface area contributed by atoms with Gasteiger partial charge in [0.25, 0.3) is 0 Å². The molecule has 2 aliphatic heterocycles. The molecule has 1 spiro atoms. The first-order valence-electron chi connectivity index (χ1n) is 9.70. The SMILES string of the molecule is N=CC(=CN)c1ccc(-c2ccc(N3CCC4(CCCNC4)C3)nn2)c(O)c1. The summed E-state index contributed by atoms with van der Waals surface area (Å²) >= 11 is 0. The van der Waals surface area contributed by atoms with E-state index in [4.69, 9.17) is 11.1 Å². The maximum atomic E-state index is 10.4. The van der Waals surface area contributed by atoms with Gasteiger partial charge in [-0.1, -0.05) is 6.07 Å². The minimum absolute atomic E-state index is 0.0918. The first-order valence-corrected chi connectivity index (χ1v) is 9.70. The Morgan fingerprint density at radius 2 is 2.14 bits per heavy atom. The number of rotatable bonds is 4. The predicted octanol–water partition coefficient (Wildman–Crippen LogP) is 2.38. The summed E-state index contributed by atoms with van der Waals surface area (Å²) in [4.78, 5) is 2.31. The Labute approximate surface area is 164 Å². The number of phenols is 1. The maximum Gasteiger partial charge on any atom is 0.151 e. The summed E-state index contributed by atoms with van der Waals surface area (Å²) in [5, 5.41) is 30.1. The van der Waals surface area contributed by atoms with E-state index in [0.717, 1.165) is 38.2 Å². The van der Waals surface area contributed by atoms with Crippen LogP contribution in [0.15, 0.2) is 36.5 Å². The van der Waals surface area contributed by atoms with Crippen LogP contribution in [0.25, 0.3) is 16.8 Å². The van der Waals surface area contributed by atoms with Gasteiger partial charge in [0.2, 0.25) is 0 Å². The minimum atomic E-state index is 0.0918. The number of phenolic OH excluding ortho intramolecular Hbond substituents is 1. The van der Waals surface area contributed by atoms with Gasteiger partial charge in [-0.05, 0) is 55.6 Å². The van der Waals surface area contributed by atoms with Crippen molar-refractivity contribution >= 4 is 17.6 Å². The molecule has 0 saturated carbocycles. The molecule has 5 N–H and O–H groups in total. The van der Waals surface area contributed by atoms with Crippen LogP contribution in [0.1, 0.15) is 24.8 Å². The van der Waals surface area contributed by atoms with Crippen molar-refractivity contribution in [3.05, 3.63) is 42.1 Å². The molecule has 7 nitrogen and oxygen atoms in total. The Morgan fingerprint density at radius 3 is 2.79 bits per heavy atom. The molecular formula is C21H26N6O. The lowest BCUT2D eigenvalue weighted by atomic mass is 9.80. The van der Waals surface area contributed by atoms with Crippen LogP contribution in [0.2, 0.25) is 0 Å². The van der Waals surface area contributed by atoms with Crippen LogP contribution in [0.4, 0.5) is 5.82 Å². The summed E-state index contributed by atoms with van der Waals surface area (Å²) in [6.45, 7) is 4.24. The van der Waals surface area contributed by atoms with Crippen LogP contribution in [0.5, 0.6) is 5.75 Å². The number of hydrogen-bond donors (Lipinski definition) is 4. The molecule has 0 bridgehead atoms. The van der Waals surface area contributed by atoms with Crippen molar-refractivity contribution in [2.75, 3.05) is 31.1 Å². The lowest BCUT2D eigenvalue weighted by molar-refractivity contribution is 0.239. The first kappa shape index (κ1) is 18.4. The minimum Gasteiger partial charge on any atom is -0.507 e. The van der Waals surface area contributed by atoms with Gasteiger partial charge < -0.3 is 26.5 Å². The van der Waals surface area contributed by atoms with Crippen LogP contribution >= 0.6 is 0 Å². The monoisotopic (exact) mass is 378 g/mol. The largest absolute Gasteiger partial charge is 0.507 e. The number of benzene rings is 1. The third kappa shape index (κ3) is 3.45. The van der Waals surface area contributed by atoms with E-state index < -0.39 is 0 Å². The second kappa shape index (κ2) is 7.59. The molecule has 146 valence electrons. The zero-order valence-electron chi connectivity index (χ0n) is 15.9. The van der Waals surface area contributed by atoms with E-state index in [9.17, 15) is 5.11 Å². The van der Waals surface area contributed by atoms with Crippen molar-refractivity contribution in [2.45, 2.75) is 19.3 Å². The summed E-state index contributed by atoms with van der Waals surface area (Å²) in [5.74, 6) is 0.980. The molecule has 2 aliphatic rings. The van der Waals surface area contributed by atoms with Crippen molar-refractivity contribution in [1.82, 2.24) is 15.5 Å². The molecule has 0 aliphatic carbocycles. The fourth-order valence-electron chi connectivity index (χ4n) is 4.30. The van der Waals surface area contributed by atoms with Gasteiger partial charge in [-0.25, -0.2) is 0 Å². The quantitative estimate of drug-likeness (QED) is 0.608. The highest BCUT2D eigenvalue weighted by Crippen LogP contribution is 2.38. The number of anilines is 1. The molecule has 1 aromatic carbocycles. The van der Waals surface area contributed by atoms with Gasteiger partial charge in [0, 0.05) is 48.6 Å². The summed E-state index contributed by atoms with van der Waals surface area (Å²) in [5.41, 5.74) is 8.35. The van der Waals surface area contributed by atoms with E-state index in [-0.39, 0.29) is 5.75 Å². The fourth-order valence-corrected chi connectivity index (χ4v) is 4.30. The number of hydrogen-bond acceptors (Lipinski definition) is 7. The maximum absolute atomic E-state index is 10.4. The van der Waals surface area contributed by atoms with Crippen molar-refractivity contribution in [2.24, 2.45) is 11.1 Å². The highest BCUT2D eigenvalue weighted by atomic mass is 16.3. The third-order valence-corrected chi connectivity index (χ3v) is 5.92. The topological polar surface area (TPSA) is 111 Å². The van der Waals surface area contributed by atoms with Gasteiger partial charge in [-0.15, -0.1) is 10.2 Å². The third-order valence-electron chi connectivity index (χ3n) is 5.92. The predicted molar refractivity (Wildman–Crippen MR) is 111 cm³/mol. The van der Waals surface area contributed by atoms with Crippen LogP contribution in [-0.4, -0.2) is 47.7 Å². The molecule has 28 heavy (non-hydrogen) atoms. The number of nitrogens with zero attached hydrogens (tertiary/aromatic N) is 3. The molecule has 2 aromatic rings. The Bertz CT molecular complexity index is 886. The zero-order chi connectivity index (χ0) is 19.6. The first-order chi connectivity index (χ1) is 13.6. The smallest absolute Gasteiger partial charge is 0.151 e. The van der Waals surface area contributed by atoms with E-state index in [1.54, 1.807) is 12.1 Å². The van der Waals surface area contributed by atoms with Gasteiger partial charge in [0.15, 0.2) is 5.82 Å². The van der Waals surface area contributed by atoms with E-state index in [1.807, 2.05) is 18.2 Å². The normalized spacial score (nSPS) is 22.6. The standard InChI is InChI=1S/C21H26N6O/c22-11-16(12-23)15-2-3-17(19(28)10-15)18-4-5-20(26-25-18)27-9-7-21(14-27)6-1-8-24-13-21/h2-5,10-12,22,24,28H,1,6-9,13-14,23H2. The lowest BCUT2D eigenvalue weighted by Crippen LogP contribution is -2.42. The molecule has 0 radical (unpaired) electrons. The number of aromatic nitrogens is 2. The molecule has 4 rings (SSSR count). The molecule has 0 amide bonds. The van der Waals surface area contributed by atoms with Crippen molar-refractivity contribution in [3.8, 4) is 17.0 Å². The van der Waals surface area contributed by atoms with E-state index in [1.165, 1.54) is 25.5 Å². The van der Waals surface area contributed by atoms with Crippen molar-refractivity contribution < 1.29 is 5.11 Å². The average molecular weight is 378 g/mol. The molecular weight excluding hydrogens is 352 g/mol. The van der Waals surface area contributed by atoms with Gasteiger partial charge in [-0.2, -0.15) is 0 Å². The Morgan fingerprint density at radius 1 is 1.25 bits per heavy atom. The van der Waals surface area contributed by atoms with Crippen LogP contribution in [0.3, 0.4) is 0 Å². The number of nitrogens with two attached hydrogens (primary N) is 1. The number of aromatic hydroxyl groups is 1. The van der Waals surface area contributed by atoms with Crippen molar-refractivity contribution in [3.63, 3.8) is 0 Å². The van der Waals surface area contributed by atoms with Gasteiger partial charge in [-0.3, -0.25) is 0 Å². The molecule has 7 heteroatoms. The Hall–Kier alpha value is -2.93. The van der Waals surface area contributed by atoms with Gasteiger partial charge >= 0.3 is 0 Å². The zero-order valence-corrected chi connectivity index (χ0v) is 15.9. The van der Waals surface area contributed by atoms with Crippen molar-refractivity contribution in [1.29, 1.82) is 5.41 Å². The lowest BCUT2D eigenvalue weighted by Gasteiger charge is -2.33. The molecule has 1 unspecified atom stereocenters. The fraction of sp³-hybridized carbons (Fsp3) is 0.381. The second-order valence-corrected chi connectivity index (χ2v) is 7.73. The van der Waals surface area contributed by atoms with Gasteiger partial charge in [0.1, 0.15) is 5.75 Å². The Kier molecular flexibility index (Phi) is 5.00. The van der Waals surface area contributed by atoms with Crippen LogP contribution in [-0.2, 0) is 0 Å². The summed E-state index contributed by atoms with van der Waals surface area (Å²) in [6.07, 6.45) is 6.22. The highest BCUT2D eigenvalue weighted by molar-refractivity contribution is 6.08. The summed E-state index contributed by atoms with van der Waals surface area (Å²) in [7, 11) is 0. The molecule has 2 saturated heterocycles. The van der Waals surface area contributed by atoms with E-state index >= 15 is 0 Å². The number of allylic oxidation sites excluding steroid dienone is 1.